The van der Waals surface area contributed by atoms with Crippen LogP contribution in [0.15, 0.2) is 39.9 Å². The third-order valence-corrected chi connectivity index (χ3v) is 2.85. The summed E-state index contributed by atoms with van der Waals surface area (Å²) in [4.78, 5) is 38.3. The Balaban J connectivity index is 2.12. The van der Waals surface area contributed by atoms with E-state index in [0.29, 0.717) is 11.5 Å². The van der Waals surface area contributed by atoms with Gasteiger partial charge in [0.25, 0.3) is 5.56 Å². The third-order valence-electron chi connectivity index (χ3n) is 2.85. The first-order valence-corrected chi connectivity index (χ1v) is 6.56. The molecule has 8 nitrogen and oxygen atoms in total. The van der Waals surface area contributed by atoms with Crippen LogP contribution in [0.3, 0.4) is 0 Å². The Kier molecular flexibility index (Phi) is 4.98. The molecule has 0 aliphatic carbocycles. The number of aromatic nitrogens is 2. The molecule has 120 valence electrons. The van der Waals surface area contributed by atoms with Gasteiger partial charge in [-0.15, -0.1) is 0 Å². The molecule has 0 radical (unpaired) electrons. The van der Waals surface area contributed by atoms with Crippen LogP contribution in [0.4, 0.5) is 5.82 Å². The van der Waals surface area contributed by atoms with Gasteiger partial charge in [-0.2, -0.15) is 0 Å². The molecule has 8 heteroatoms. The van der Waals surface area contributed by atoms with E-state index in [-0.39, 0.29) is 5.82 Å². The number of anilines is 1. The SMILES string of the molecule is COc1ccc(C=CC(=O)Nc2cc(=O)[nH]c(=O)[nH]2)cc1OC. The summed E-state index contributed by atoms with van der Waals surface area (Å²) >= 11 is 0. The number of carbonyl (C=O) groups excluding carboxylic acids is 1. The fourth-order valence-electron chi connectivity index (χ4n) is 1.84. The molecule has 23 heavy (non-hydrogen) atoms. The Labute approximate surface area is 130 Å². The first-order chi connectivity index (χ1) is 11.0. The number of amides is 1. The Morgan fingerprint density at radius 3 is 2.48 bits per heavy atom. The van der Waals surface area contributed by atoms with E-state index < -0.39 is 17.2 Å². The summed E-state index contributed by atoms with van der Waals surface area (Å²) in [6, 6.07) is 6.24. The summed E-state index contributed by atoms with van der Waals surface area (Å²) in [5, 5.41) is 2.39. The molecule has 3 N–H and O–H groups in total. The van der Waals surface area contributed by atoms with Crippen LogP contribution in [0.25, 0.3) is 6.08 Å². The van der Waals surface area contributed by atoms with Crippen LogP contribution < -0.4 is 26.0 Å². The Bertz CT molecular complexity index is 822. The van der Waals surface area contributed by atoms with Gasteiger partial charge in [-0.05, 0) is 23.8 Å². The second-order valence-corrected chi connectivity index (χ2v) is 4.44. The highest BCUT2D eigenvalue weighted by atomic mass is 16.5. The van der Waals surface area contributed by atoms with Crippen molar-refractivity contribution in [1.29, 1.82) is 0 Å². The van der Waals surface area contributed by atoms with Gasteiger partial charge >= 0.3 is 5.69 Å². The molecule has 0 bridgehead atoms. The lowest BCUT2D eigenvalue weighted by Gasteiger charge is -2.07. The van der Waals surface area contributed by atoms with E-state index in [1.54, 1.807) is 24.3 Å². The number of rotatable bonds is 5. The molecule has 1 amide bonds. The number of hydrogen-bond acceptors (Lipinski definition) is 5. The van der Waals surface area contributed by atoms with Gasteiger partial charge in [0.05, 0.1) is 14.2 Å². The Morgan fingerprint density at radius 1 is 1.09 bits per heavy atom. The van der Waals surface area contributed by atoms with Crippen LogP contribution in [0.5, 0.6) is 11.5 Å². The molecule has 0 aliphatic heterocycles. The minimum absolute atomic E-state index is 0.0145. The minimum atomic E-state index is -0.698. The number of carbonyl (C=O) groups is 1. The molecule has 1 aromatic heterocycles. The van der Waals surface area contributed by atoms with Gasteiger partial charge in [0, 0.05) is 12.1 Å². The van der Waals surface area contributed by atoms with Crippen molar-refractivity contribution in [3.05, 3.63) is 56.7 Å². The third kappa shape index (κ3) is 4.34. The number of nitrogens with one attached hydrogen (secondary N) is 3. The summed E-state index contributed by atoms with van der Waals surface area (Å²) < 4.78 is 10.3. The van der Waals surface area contributed by atoms with Gasteiger partial charge in [-0.25, -0.2) is 4.79 Å². The molecule has 1 heterocycles. The fourth-order valence-corrected chi connectivity index (χ4v) is 1.84. The van der Waals surface area contributed by atoms with E-state index in [2.05, 4.69) is 10.3 Å². The fraction of sp³-hybridized carbons (Fsp3) is 0.133. The molecular formula is C15H15N3O5. The smallest absolute Gasteiger partial charge is 0.327 e. The first kappa shape index (κ1) is 16.1. The molecular weight excluding hydrogens is 302 g/mol. The normalized spacial score (nSPS) is 10.5. The second kappa shape index (κ2) is 7.12. The van der Waals surface area contributed by atoms with Crippen LogP contribution in [-0.4, -0.2) is 30.1 Å². The Morgan fingerprint density at radius 2 is 1.83 bits per heavy atom. The zero-order valence-electron chi connectivity index (χ0n) is 12.5. The number of benzene rings is 1. The van der Waals surface area contributed by atoms with Crippen LogP contribution >= 0.6 is 0 Å². The van der Waals surface area contributed by atoms with Crippen molar-refractivity contribution in [2.45, 2.75) is 0 Å². The standard InChI is InChI=1S/C15H15N3O5/c1-22-10-5-3-9(7-11(10)23-2)4-6-13(19)16-12-8-14(20)18-15(21)17-12/h3-8H,1-2H3,(H3,16,17,18,19,20,21). The van der Waals surface area contributed by atoms with Crippen molar-refractivity contribution in [1.82, 2.24) is 9.97 Å². The number of aromatic amines is 2. The molecule has 2 rings (SSSR count). The highest BCUT2D eigenvalue weighted by Crippen LogP contribution is 2.27. The summed E-state index contributed by atoms with van der Waals surface area (Å²) in [6.07, 6.45) is 2.82. The molecule has 1 aromatic carbocycles. The van der Waals surface area contributed by atoms with Crippen LogP contribution in [0, 0.1) is 0 Å². The molecule has 0 spiro atoms. The van der Waals surface area contributed by atoms with Gasteiger partial charge in [0.15, 0.2) is 11.5 Å². The maximum atomic E-state index is 11.8. The van der Waals surface area contributed by atoms with E-state index in [9.17, 15) is 14.4 Å². The molecule has 0 aliphatic rings. The zero-order valence-corrected chi connectivity index (χ0v) is 12.5. The number of ether oxygens (including phenoxy) is 2. The van der Waals surface area contributed by atoms with E-state index in [4.69, 9.17) is 9.47 Å². The lowest BCUT2D eigenvalue weighted by Crippen LogP contribution is -2.24. The van der Waals surface area contributed by atoms with Crippen LogP contribution in [0.1, 0.15) is 5.56 Å². The lowest BCUT2D eigenvalue weighted by atomic mass is 10.2. The van der Waals surface area contributed by atoms with Crippen molar-refractivity contribution in [2.24, 2.45) is 0 Å². The molecule has 0 unspecified atom stereocenters. The number of hydrogen-bond donors (Lipinski definition) is 3. The van der Waals surface area contributed by atoms with E-state index in [1.165, 1.54) is 20.3 Å². The predicted molar refractivity (Wildman–Crippen MR) is 84.9 cm³/mol. The summed E-state index contributed by atoms with van der Waals surface area (Å²) in [5.41, 5.74) is -0.582. The lowest BCUT2D eigenvalue weighted by molar-refractivity contribution is -0.111. The minimum Gasteiger partial charge on any atom is -0.493 e. The average molecular weight is 317 g/mol. The largest absolute Gasteiger partial charge is 0.493 e. The van der Waals surface area contributed by atoms with Gasteiger partial charge in [0.2, 0.25) is 5.91 Å². The van der Waals surface area contributed by atoms with Gasteiger partial charge in [-0.1, -0.05) is 6.07 Å². The van der Waals surface area contributed by atoms with Gasteiger partial charge in [0.1, 0.15) is 5.82 Å². The monoisotopic (exact) mass is 317 g/mol. The van der Waals surface area contributed by atoms with E-state index >= 15 is 0 Å². The highest BCUT2D eigenvalue weighted by molar-refractivity contribution is 6.01. The molecule has 2 aromatic rings. The van der Waals surface area contributed by atoms with Crippen molar-refractivity contribution < 1.29 is 14.3 Å². The molecule has 0 atom stereocenters. The van der Waals surface area contributed by atoms with Gasteiger partial charge in [-0.3, -0.25) is 19.6 Å². The van der Waals surface area contributed by atoms with Gasteiger partial charge < -0.3 is 14.8 Å². The molecule has 0 fully saturated rings. The highest BCUT2D eigenvalue weighted by Gasteiger charge is 2.04. The second-order valence-electron chi connectivity index (χ2n) is 4.44. The summed E-state index contributed by atoms with van der Waals surface area (Å²) in [6.45, 7) is 0. The maximum absolute atomic E-state index is 11.8. The average Bonchev–Trinajstić information content (AvgIpc) is 2.51. The number of H-pyrrole nitrogens is 2. The Hall–Kier alpha value is -3.29. The van der Waals surface area contributed by atoms with E-state index in [1.807, 2.05) is 4.98 Å². The van der Waals surface area contributed by atoms with E-state index in [0.717, 1.165) is 11.6 Å². The van der Waals surface area contributed by atoms with Crippen molar-refractivity contribution in [3.63, 3.8) is 0 Å². The first-order valence-electron chi connectivity index (χ1n) is 6.56. The zero-order chi connectivity index (χ0) is 16.8. The maximum Gasteiger partial charge on any atom is 0.327 e. The molecule has 0 saturated carbocycles. The van der Waals surface area contributed by atoms with Crippen LogP contribution in [-0.2, 0) is 4.79 Å². The van der Waals surface area contributed by atoms with Crippen molar-refractivity contribution in [3.8, 4) is 11.5 Å². The quantitative estimate of drug-likeness (QED) is 0.704. The summed E-state index contributed by atoms with van der Waals surface area (Å²) in [7, 11) is 3.05. The molecule has 0 saturated heterocycles. The summed E-state index contributed by atoms with van der Waals surface area (Å²) in [5.74, 6) is 0.630. The van der Waals surface area contributed by atoms with Crippen molar-refractivity contribution in [2.75, 3.05) is 19.5 Å². The topological polar surface area (TPSA) is 113 Å². The number of methoxy groups -OCH3 is 2. The van der Waals surface area contributed by atoms with Crippen LogP contribution in [0.2, 0.25) is 0 Å². The van der Waals surface area contributed by atoms with Crippen molar-refractivity contribution >= 4 is 17.8 Å². The predicted octanol–water partition coefficient (Wildman–Crippen LogP) is 0.732.